The van der Waals surface area contributed by atoms with E-state index in [4.69, 9.17) is 14.2 Å². The van der Waals surface area contributed by atoms with E-state index >= 15 is 0 Å². The molecule has 0 unspecified atom stereocenters. The molecular formula is C28H34N4O7. The summed E-state index contributed by atoms with van der Waals surface area (Å²) >= 11 is 0. The first-order valence-corrected chi connectivity index (χ1v) is 13.2. The van der Waals surface area contributed by atoms with Gasteiger partial charge in [-0.15, -0.1) is 0 Å². The van der Waals surface area contributed by atoms with Crippen LogP contribution < -0.4 is 24.8 Å². The Morgan fingerprint density at radius 2 is 1.77 bits per heavy atom. The van der Waals surface area contributed by atoms with Gasteiger partial charge in [-0.1, -0.05) is 6.92 Å². The lowest BCUT2D eigenvalue weighted by Gasteiger charge is -2.38. The van der Waals surface area contributed by atoms with E-state index < -0.39 is 12.1 Å². The molecule has 11 heteroatoms. The van der Waals surface area contributed by atoms with Gasteiger partial charge in [0.15, 0.2) is 11.5 Å². The van der Waals surface area contributed by atoms with Gasteiger partial charge >= 0.3 is 6.03 Å². The molecule has 208 valence electrons. The number of hydrogen-bond acceptors (Lipinski definition) is 7. The highest BCUT2D eigenvalue weighted by atomic mass is 16.7. The summed E-state index contributed by atoms with van der Waals surface area (Å²) in [6.07, 6.45) is 1.29. The normalized spacial score (nSPS) is 20.7. The number of aliphatic hydroxyl groups excluding tert-OH is 1. The molecule has 2 aliphatic heterocycles. The minimum Gasteiger partial charge on any atom is -0.487 e. The average molecular weight is 539 g/mol. The first kappa shape index (κ1) is 26.6. The Morgan fingerprint density at radius 1 is 1.08 bits per heavy atom. The third-order valence-electron chi connectivity index (χ3n) is 7.30. The molecule has 2 aromatic carbocycles. The lowest BCUT2D eigenvalue weighted by atomic mass is 9.99. The molecule has 3 aliphatic rings. The van der Waals surface area contributed by atoms with Gasteiger partial charge in [-0.3, -0.25) is 9.59 Å². The number of hydrogen-bond donors (Lipinski definition) is 3. The molecule has 3 N–H and O–H groups in total. The molecule has 1 saturated carbocycles. The number of likely N-dealkylation sites (N-methyl/N-ethyl adjacent to an activating group) is 1. The monoisotopic (exact) mass is 538 g/mol. The fourth-order valence-corrected chi connectivity index (χ4v) is 4.65. The summed E-state index contributed by atoms with van der Waals surface area (Å²) in [5, 5.41) is 15.6. The van der Waals surface area contributed by atoms with Gasteiger partial charge in [0.1, 0.15) is 11.9 Å². The number of ether oxygens (including phenoxy) is 3. The third-order valence-corrected chi connectivity index (χ3v) is 7.30. The largest absolute Gasteiger partial charge is 0.487 e. The number of benzene rings is 2. The maximum Gasteiger partial charge on any atom is 0.321 e. The van der Waals surface area contributed by atoms with Crippen molar-refractivity contribution in [2.45, 2.75) is 38.8 Å². The fourth-order valence-electron chi connectivity index (χ4n) is 4.65. The van der Waals surface area contributed by atoms with Gasteiger partial charge in [0.25, 0.3) is 5.91 Å². The van der Waals surface area contributed by atoms with Gasteiger partial charge in [-0.25, -0.2) is 4.79 Å². The minimum absolute atomic E-state index is 0.0226. The van der Waals surface area contributed by atoms with Crippen LogP contribution >= 0.6 is 0 Å². The SMILES string of the molecule is C[C@@H]1CN([C@@H](C)CO)C(=O)c2cc(NC(=O)C3CC3)ccc2O[C@H]1CN(C)C(=O)Nc1ccc2c(c1)OCO2. The molecule has 11 nitrogen and oxygen atoms in total. The molecule has 39 heavy (non-hydrogen) atoms. The molecule has 0 radical (unpaired) electrons. The van der Waals surface area contributed by atoms with E-state index in [1.54, 1.807) is 55.3 Å². The second-order valence-electron chi connectivity index (χ2n) is 10.5. The lowest BCUT2D eigenvalue weighted by Crippen LogP contribution is -2.50. The smallest absolute Gasteiger partial charge is 0.321 e. The molecule has 1 aliphatic carbocycles. The molecule has 5 rings (SSSR count). The number of urea groups is 1. The van der Waals surface area contributed by atoms with Gasteiger partial charge in [0.2, 0.25) is 12.7 Å². The van der Waals surface area contributed by atoms with Gasteiger partial charge < -0.3 is 39.8 Å². The number of fused-ring (bicyclic) bond motifs is 2. The van der Waals surface area contributed by atoms with Crippen LogP contribution in [0.2, 0.25) is 0 Å². The van der Waals surface area contributed by atoms with Crippen LogP contribution in [0.3, 0.4) is 0 Å². The van der Waals surface area contributed by atoms with E-state index in [1.165, 1.54) is 4.90 Å². The van der Waals surface area contributed by atoms with Crippen molar-refractivity contribution in [3.63, 3.8) is 0 Å². The number of anilines is 2. The summed E-state index contributed by atoms with van der Waals surface area (Å²) in [6.45, 7) is 4.25. The number of carbonyl (C=O) groups excluding carboxylic acids is 3. The number of aliphatic hydroxyl groups is 1. The fraction of sp³-hybridized carbons (Fsp3) is 0.464. The Morgan fingerprint density at radius 3 is 2.49 bits per heavy atom. The third kappa shape index (κ3) is 5.88. The van der Waals surface area contributed by atoms with Gasteiger partial charge in [-0.05, 0) is 50.1 Å². The van der Waals surface area contributed by atoms with Crippen molar-refractivity contribution in [2.24, 2.45) is 11.8 Å². The van der Waals surface area contributed by atoms with Crippen molar-refractivity contribution in [3.05, 3.63) is 42.0 Å². The van der Waals surface area contributed by atoms with E-state index in [2.05, 4.69) is 10.6 Å². The average Bonchev–Trinajstić information content (AvgIpc) is 3.68. The first-order valence-electron chi connectivity index (χ1n) is 13.2. The molecule has 2 aromatic rings. The molecule has 4 amide bonds. The van der Waals surface area contributed by atoms with Crippen LogP contribution in [0.4, 0.5) is 16.2 Å². The molecular weight excluding hydrogens is 504 g/mol. The van der Waals surface area contributed by atoms with Crippen LogP contribution in [0.1, 0.15) is 37.0 Å². The number of carbonyl (C=O) groups is 3. The quantitative estimate of drug-likeness (QED) is 0.494. The van der Waals surface area contributed by atoms with Crippen LogP contribution in [0, 0.1) is 11.8 Å². The molecule has 1 fully saturated rings. The number of nitrogens with one attached hydrogen (secondary N) is 2. The number of rotatable bonds is 7. The highest BCUT2D eigenvalue weighted by Gasteiger charge is 2.35. The van der Waals surface area contributed by atoms with Gasteiger partial charge in [0.05, 0.1) is 24.8 Å². The molecule has 0 spiro atoms. The lowest BCUT2D eigenvalue weighted by molar-refractivity contribution is -0.117. The van der Waals surface area contributed by atoms with Crippen LogP contribution in [-0.4, -0.2) is 78.4 Å². The molecule has 0 saturated heterocycles. The van der Waals surface area contributed by atoms with Crippen LogP contribution in [-0.2, 0) is 4.79 Å². The molecule has 3 atom stereocenters. The maximum atomic E-state index is 13.6. The zero-order chi connectivity index (χ0) is 27.7. The van der Waals surface area contributed by atoms with Crippen molar-refractivity contribution in [2.75, 3.05) is 44.2 Å². The maximum absolute atomic E-state index is 13.6. The van der Waals surface area contributed by atoms with E-state index in [9.17, 15) is 19.5 Å². The number of nitrogens with zero attached hydrogens (tertiary/aromatic N) is 2. The van der Waals surface area contributed by atoms with E-state index in [-0.39, 0.29) is 49.6 Å². The van der Waals surface area contributed by atoms with Gasteiger partial charge in [0, 0.05) is 42.9 Å². The highest BCUT2D eigenvalue weighted by molar-refractivity contribution is 6.00. The summed E-state index contributed by atoms with van der Waals surface area (Å²) in [6, 6.07) is 9.44. The van der Waals surface area contributed by atoms with Crippen molar-refractivity contribution in [1.82, 2.24) is 9.80 Å². The minimum atomic E-state index is -0.454. The summed E-state index contributed by atoms with van der Waals surface area (Å²) in [5.41, 5.74) is 1.39. The van der Waals surface area contributed by atoms with Crippen molar-refractivity contribution < 1.29 is 33.7 Å². The van der Waals surface area contributed by atoms with Crippen LogP contribution in [0.15, 0.2) is 36.4 Å². The Kier molecular flexibility index (Phi) is 7.51. The van der Waals surface area contributed by atoms with Crippen LogP contribution in [0.5, 0.6) is 17.2 Å². The topological polar surface area (TPSA) is 130 Å². The van der Waals surface area contributed by atoms with Crippen molar-refractivity contribution >= 4 is 29.2 Å². The predicted molar refractivity (Wildman–Crippen MR) is 143 cm³/mol. The van der Waals surface area contributed by atoms with Gasteiger partial charge in [-0.2, -0.15) is 0 Å². The van der Waals surface area contributed by atoms with E-state index in [1.807, 2.05) is 6.92 Å². The summed E-state index contributed by atoms with van der Waals surface area (Å²) in [4.78, 5) is 42.0. The Labute approximate surface area is 227 Å². The second kappa shape index (κ2) is 11.0. The standard InChI is InChI=1S/C28H34N4O7/c1-16-12-32(17(2)14-33)27(35)21-10-19(29-26(34)18-4-5-18)6-8-22(21)39-25(16)13-31(3)28(36)30-20-7-9-23-24(11-20)38-15-37-23/h6-11,16-18,25,33H,4-5,12-15H2,1-3H3,(H,29,34)(H,30,36)/t16-,17+,25+/m1/s1. The zero-order valence-electron chi connectivity index (χ0n) is 22.3. The Bertz CT molecular complexity index is 1260. The zero-order valence-corrected chi connectivity index (χ0v) is 22.3. The second-order valence-corrected chi connectivity index (χ2v) is 10.5. The number of amides is 4. The van der Waals surface area contributed by atoms with Crippen molar-refractivity contribution in [1.29, 1.82) is 0 Å². The van der Waals surface area contributed by atoms with E-state index in [0.29, 0.717) is 40.7 Å². The van der Waals surface area contributed by atoms with E-state index in [0.717, 1.165) is 12.8 Å². The summed E-state index contributed by atoms with van der Waals surface area (Å²) in [7, 11) is 1.67. The predicted octanol–water partition coefficient (Wildman–Crippen LogP) is 3.15. The van der Waals surface area contributed by atoms with Crippen molar-refractivity contribution in [3.8, 4) is 17.2 Å². The molecule has 0 aromatic heterocycles. The Hall–Kier alpha value is -3.99. The summed E-state index contributed by atoms with van der Waals surface area (Å²) in [5.74, 6) is 1.08. The summed E-state index contributed by atoms with van der Waals surface area (Å²) < 4.78 is 17.1. The molecule has 2 heterocycles. The Balaban J connectivity index is 1.34. The van der Waals surface area contributed by atoms with Crippen LogP contribution in [0.25, 0.3) is 0 Å². The molecule has 0 bridgehead atoms. The first-order chi connectivity index (χ1) is 18.7. The highest BCUT2D eigenvalue weighted by Crippen LogP contribution is 2.35.